The van der Waals surface area contributed by atoms with Crippen LogP contribution in [0.25, 0.3) is 0 Å². The molecule has 0 aromatic heterocycles. The summed E-state index contributed by atoms with van der Waals surface area (Å²) in [7, 11) is 0. The number of nitrogens with one attached hydrogen (secondary N) is 1. The SMILES string of the molecule is CCN(CC)C(=O)c1ccc2c(c1)[C@@H]1[C@H]3CC[C@@H](C3)[C@H]1[C@@H](c1ccccc1)N2. The average molecular weight is 375 g/mol. The minimum absolute atomic E-state index is 0.165. The highest BCUT2D eigenvalue weighted by atomic mass is 16.2. The largest absolute Gasteiger partial charge is 0.378 e. The first-order chi connectivity index (χ1) is 13.7. The molecule has 0 unspecified atom stereocenters. The number of nitrogens with zero attached hydrogens (tertiary/aromatic N) is 1. The third kappa shape index (κ3) is 2.67. The van der Waals surface area contributed by atoms with E-state index in [-0.39, 0.29) is 5.91 Å². The van der Waals surface area contributed by atoms with Gasteiger partial charge in [-0.25, -0.2) is 0 Å². The van der Waals surface area contributed by atoms with Gasteiger partial charge in [0.2, 0.25) is 0 Å². The molecule has 5 atom stereocenters. The fraction of sp³-hybridized carbons (Fsp3) is 0.480. The van der Waals surface area contributed by atoms with Crippen molar-refractivity contribution in [2.75, 3.05) is 18.4 Å². The van der Waals surface area contributed by atoms with E-state index in [1.165, 1.54) is 36.1 Å². The van der Waals surface area contributed by atoms with Crippen LogP contribution in [0, 0.1) is 17.8 Å². The molecule has 0 spiro atoms. The molecule has 2 bridgehead atoms. The Labute approximate surface area is 168 Å². The summed E-state index contributed by atoms with van der Waals surface area (Å²) < 4.78 is 0. The lowest BCUT2D eigenvalue weighted by molar-refractivity contribution is 0.0772. The molecule has 28 heavy (non-hydrogen) atoms. The molecule has 5 rings (SSSR count). The molecule has 3 nitrogen and oxygen atoms in total. The van der Waals surface area contributed by atoms with Gasteiger partial charge >= 0.3 is 0 Å². The van der Waals surface area contributed by atoms with Gasteiger partial charge in [0.15, 0.2) is 0 Å². The van der Waals surface area contributed by atoms with Crippen LogP contribution in [0.2, 0.25) is 0 Å². The molecule has 0 saturated heterocycles. The van der Waals surface area contributed by atoms with E-state index in [0.29, 0.717) is 17.9 Å². The highest BCUT2D eigenvalue weighted by Crippen LogP contribution is 2.63. The van der Waals surface area contributed by atoms with Crippen molar-refractivity contribution >= 4 is 11.6 Å². The Morgan fingerprint density at radius 1 is 1.04 bits per heavy atom. The number of carbonyl (C=O) groups is 1. The maximum absolute atomic E-state index is 12.9. The maximum Gasteiger partial charge on any atom is 0.253 e. The third-order valence-corrected chi connectivity index (χ3v) is 7.54. The summed E-state index contributed by atoms with van der Waals surface area (Å²) in [5, 5.41) is 3.87. The predicted molar refractivity (Wildman–Crippen MR) is 114 cm³/mol. The van der Waals surface area contributed by atoms with Gasteiger partial charge in [-0.05, 0) is 86.1 Å². The first-order valence-corrected chi connectivity index (χ1v) is 11.0. The fourth-order valence-corrected chi connectivity index (χ4v) is 6.30. The number of rotatable bonds is 4. The lowest BCUT2D eigenvalue weighted by atomic mass is 9.68. The molecule has 2 fully saturated rings. The standard InChI is InChI=1S/C25H30N2O/c1-3-27(4-2)25(28)19-12-13-21-20(15-19)22-17-10-11-18(14-17)23(22)24(26-21)16-8-6-5-7-9-16/h5-9,12-13,15,17-18,22-24,26H,3-4,10-11,14H2,1-2H3/t17-,18-,22-,23+,24+/m0/s1. The van der Waals surface area contributed by atoms with Crippen LogP contribution >= 0.6 is 0 Å². The maximum atomic E-state index is 12.9. The van der Waals surface area contributed by atoms with Crippen molar-refractivity contribution in [3.05, 3.63) is 65.2 Å². The number of carbonyl (C=O) groups excluding carboxylic acids is 1. The Hall–Kier alpha value is -2.29. The molecule has 2 aliphatic carbocycles. The Morgan fingerprint density at radius 2 is 1.79 bits per heavy atom. The van der Waals surface area contributed by atoms with Gasteiger partial charge < -0.3 is 10.2 Å². The topological polar surface area (TPSA) is 32.3 Å². The van der Waals surface area contributed by atoms with Gasteiger partial charge in [-0.2, -0.15) is 0 Å². The Bertz CT molecular complexity index is 873. The molecule has 2 aromatic carbocycles. The number of anilines is 1. The van der Waals surface area contributed by atoms with Crippen molar-refractivity contribution in [2.24, 2.45) is 17.8 Å². The van der Waals surface area contributed by atoms with Crippen molar-refractivity contribution in [2.45, 2.75) is 45.1 Å². The van der Waals surface area contributed by atoms with Gasteiger partial charge in [0.05, 0.1) is 6.04 Å². The molecule has 3 aliphatic rings. The third-order valence-electron chi connectivity index (χ3n) is 7.54. The summed E-state index contributed by atoms with van der Waals surface area (Å²) in [6.07, 6.45) is 4.07. The summed E-state index contributed by atoms with van der Waals surface area (Å²) in [6, 6.07) is 17.7. The molecular formula is C25H30N2O. The molecule has 1 N–H and O–H groups in total. The van der Waals surface area contributed by atoms with Crippen molar-refractivity contribution < 1.29 is 4.79 Å². The monoisotopic (exact) mass is 374 g/mol. The van der Waals surface area contributed by atoms with E-state index in [4.69, 9.17) is 0 Å². The number of amides is 1. The quantitative estimate of drug-likeness (QED) is 0.770. The average Bonchev–Trinajstić information content (AvgIpc) is 3.37. The van der Waals surface area contributed by atoms with E-state index in [2.05, 4.69) is 61.6 Å². The highest BCUT2D eigenvalue weighted by molar-refractivity contribution is 5.95. The smallest absolute Gasteiger partial charge is 0.253 e. The van der Waals surface area contributed by atoms with E-state index >= 15 is 0 Å². The molecule has 2 saturated carbocycles. The van der Waals surface area contributed by atoms with Crippen LogP contribution in [-0.2, 0) is 0 Å². The van der Waals surface area contributed by atoms with E-state index in [9.17, 15) is 4.79 Å². The summed E-state index contributed by atoms with van der Waals surface area (Å²) in [6.45, 7) is 5.63. The summed E-state index contributed by atoms with van der Waals surface area (Å²) in [5.41, 5.74) is 4.88. The van der Waals surface area contributed by atoms with Crippen LogP contribution in [-0.4, -0.2) is 23.9 Å². The summed E-state index contributed by atoms with van der Waals surface area (Å²) >= 11 is 0. The van der Waals surface area contributed by atoms with Crippen molar-refractivity contribution in [3.63, 3.8) is 0 Å². The van der Waals surface area contributed by atoms with E-state index in [1.54, 1.807) is 0 Å². The molecule has 2 aromatic rings. The van der Waals surface area contributed by atoms with Crippen LogP contribution in [0.1, 0.15) is 66.6 Å². The number of fused-ring (bicyclic) bond motifs is 7. The predicted octanol–water partition coefficient (Wildman–Crippen LogP) is 5.47. The lowest BCUT2D eigenvalue weighted by Crippen LogP contribution is -2.36. The second kappa shape index (κ2) is 6.95. The van der Waals surface area contributed by atoms with E-state index in [1.807, 2.05) is 11.0 Å². The van der Waals surface area contributed by atoms with Crippen LogP contribution < -0.4 is 5.32 Å². The molecule has 0 radical (unpaired) electrons. The van der Waals surface area contributed by atoms with E-state index < -0.39 is 0 Å². The summed E-state index contributed by atoms with van der Waals surface area (Å²) in [5.74, 6) is 2.98. The second-order valence-electron chi connectivity index (χ2n) is 8.75. The molecule has 1 heterocycles. The second-order valence-corrected chi connectivity index (χ2v) is 8.75. The van der Waals surface area contributed by atoms with Crippen LogP contribution in [0.5, 0.6) is 0 Å². The minimum Gasteiger partial charge on any atom is -0.378 e. The van der Waals surface area contributed by atoms with Gasteiger partial charge in [-0.1, -0.05) is 30.3 Å². The van der Waals surface area contributed by atoms with Crippen LogP contribution in [0.3, 0.4) is 0 Å². The van der Waals surface area contributed by atoms with Crippen molar-refractivity contribution in [1.29, 1.82) is 0 Å². The van der Waals surface area contributed by atoms with Crippen molar-refractivity contribution in [1.82, 2.24) is 4.90 Å². The first kappa shape index (κ1) is 17.8. The molecule has 1 aliphatic heterocycles. The van der Waals surface area contributed by atoms with Gasteiger partial charge in [0.1, 0.15) is 0 Å². The van der Waals surface area contributed by atoms with Crippen LogP contribution in [0.4, 0.5) is 5.69 Å². The Morgan fingerprint density at radius 3 is 2.54 bits per heavy atom. The fourth-order valence-electron chi connectivity index (χ4n) is 6.30. The van der Waals surface area contributed by atoms with Gasteiger partial charge in [0, 0.05) is 24.3 Å². The molecule has 1 amide bonds. The minimum atomic E-state index is 0.165. The Kier molecular flexibility index (Phi) is 4.41. The first-order valence-electron chi connectivity index (χ1n) is 11.0. The van der Waals surface area contributed by atoms with Crippen LogP contribution in [0.15, 0.2) is 48.5 Å². The summed E-state index contributed by atoms with van der Waals surface area (Å²) in [4.78, 5) is 14.9. The molecule has 3 heteroatoms. The van der Waals surface area contributed by atoms with Gasteiger partial charge in [-0.15, -0.1) is 0 Å². The van der Waals surface area contributed by atoms with Crippen molar-refractivity contribution in [3.8, 4) is 0 Å². The van der Waals surface area contributed by atoms with Gasteiger partial charge in [-0.3, -0.25) is 4.79 Å². The number of benzene rings is 2. The zero-order chi connectivity index (χ0) is 19.3. The zero-order valence-corrected chi connectivity index (χ0v) is 16.9. The molecular weight excluding hydrogens is 344 g/mol. The Balaban J connectivity index is 1.56. The lowest BCUT2D eigenvalue weighted by Gasteiger charge is -2.43. The molecule has 146 valence electrons. The van der Waals surface area contributed by atoms with Gasteiger partial charge in [0.25, 0.3) is 5.91 Å². The number of hydrogen-bond donors (Lipinski definition) is 1. The van der Waals surface area contributed by atoms with E-state index in [0.717, 1.165) is 30.5 Å². The number of hydrogen-bond acceptors (Lipinski definition) is 2. The highest BCUT2D eigenvalue weighted by Gasteiger charge is 2.53. The normalized spacial score (nSPS) is 29.7. The zero-order valence-electron chi connectivity index (χ0n) is 16.9.